The number of hydrogen-bond donors (Lipinski definition) is 1. The summed E-state index contributed by atoms with van der Waals surface area (Å²) in [5.74, 6) is 2.79. The lowest BCUT2D eigenvalue weighted by Gasteiger charge is -2.21. The summed E-state index contributed by atoms with van der Waals surface area (Å²) in [6, 6.07) is 0.862. The van der Waals surface area contributed by atoms with E-state index < -0.39 is 0 Å². The molecule has 15 heavy (non-hydrogen) atoms. The van der Waals surface area contributed by atoms with E-state index >= 15 is 0 Å². The zero-order chi connectivity index (χ0) is 10.8. The van der Waals surface area contributed by atoms with E-state index in [1.165, 1.54) is 38.9 Å². The van der Waals surface area contributed by atoms with Crippen LogP contribution >= 0.6 is 0 Å². The van der Waals surface area contributed by atoms with Gasteiger partial charge in [0.1, 0.15) is 0 Å². The third-order valence-corrected chi connectivity index (χ3v) is 3.78. The highest BCUT2D eigenvalue weighted by atomic mass is 15.1. The minimum Gasteiger partial charge on any atom is -0.314 e. The van der Waals surface area contributed by atoms with Crippen molar-refractivity contribution in [1.29, 1.82) is 0 Å². The Kier molecular flexibility index (Phi) is 3.68. The summed E-state index contributed by atoms with van der Waals surface area (Å²) >= 11 is 0. The standard InChI is InChI=1S/C13H26N2/c1-10(7-14-13-4-5-13)8-15(3)9-12-6-11(12)2/h10-14H,4-9H2,1-3H3. The molecule has 0 amide bonds. The minimum absolute atomic E-state index is 0.796. The summed E-state index contributed by atoms with van der Waals surface area (Å²) in [7, 11) is 2.28. The summed E-state index contributed by atoms with van der Waals surface area (Å²) in [6.45, 7) is 8.51. The van der Waals surface area contributed by atoms with E-state index in [-0.39, 0.29) is 0 Å². The molecule has 2 fully saturated rings. The van der Waals surface area contributed by atoms with Gasteiger partial charge in [0.2, 0.25) is 0 Å². The smallest absolute Gasteiger partial charge is 0.00683 e. The Labute approximate surface area is 94.4 Å². The van der Waals surface area contributed by atoms with Gasteiger partial charge in [-0.15, -0.1) is 0 Å². The first-order valence-corrected chi connectivity index (χ1v) is 6.57. The molecule has 3 unspecified atom stereocenters. The van der Waals surface area contributed by atoms with Crippen LogP contribution in [0.1, 0.15) is 33.1 Å². The molecule has 0 heterocycles. The predicted molar refractivity (Wildman–Crippen MR) is 65.0 cm³/mol. The number of nitrogens with one attached hydrogen (secondary N) is 1. The third-order valence-electron chi connectivity index (χ3n) is 3.78. The van der Waals surface area contributed by atoms with E-state index in [4.69, 9.17) is 0 Å². The second-order valence-corrected chi connectivity index (χ2v) is 5.98. The van der Waals surface area contributed by atoms with Gasteiger partial charge >= 0.3 is 0 Å². The van der Waals surface area contributed by atoms with Crippen molar-refractivity contribution in [3.05, 3.63) is 0 Å². The van der Waals surface area contributed by atoms with Gasteiger partial charge in [-0.1, -0.05) is 13.8 Å². The zero-order valence-corrected chi connectivity index (χ0v) is 10.5. The molecule has 0 spiro atoms. The van der Waals surface area contributed by atoms with Gasteiger partial charge in [-0.25, -0.2) is 0 Å². The lowest BCUT2D eigenvalue weighted by atomic mass is 10.1. The van der Waals surface area contributed by atoms with Gasteiger partial charge in [-0.05, 0) is 50.6 Å². The number of nitrogens with zero attached hydrogens (tertiary/aromatic N) is 1. The molecule has 0 aromatic rings. The lowest BCUT2D eigenvalue weighted by molar-refractivity contribution is 0.267. The maximum Gasteiger partial charge on any atom is 0.00683 e. The first-order chi connectivity index (χ1) is 7.15. The fraction of sp³-hybridized carbons (Fsp3) is 1.00. The van der Waals surface area contributed by atoms with Crippen molar-refractivity contribution in [3.8, 4) is 0 Å². The SMILES string of the molecule is CC(CNC1CC1)CN(C)CC1CC1C. The number of rotatable bonds is 7. The maximum atomic E-state index is 3.61. The van der Waals surface area contributed by atoms with E-state index in [9.17, 15) is 0 Å². The molecule has 2 nitrogen and oxygen atoms in total. The van der Waals surface area contributed by atoms with Crippen LogP contribution < -0.4 is 5.32 Å². The van der Waals surface area contributed by atoms with Crippen molar-refractivity contribution in [1.82, 2.24) is 10.2 Å². The Morgan fingerprint density at radius 3 is 2.60 bits per heavy atom. The molecule has 0 aromatic heterocycles. The van der Waals surface area contributed by atoms with Gasteiger partial charge in [0.05, 0.1) is 0 Å². The summed E-state index contributed by atoms with van der Waals surface area (Å²) < 4.78 is 0. The second kappa shape index (κ2) is 4.84. The Morgan fingerprint density at radius 2 is 2.07 bits per heavy atom. The van der Waals surface area contributed by atoms with Gasteiger partial charge in [0, 0.05) is 19.1 Å². The van der Waals surface area contributed by atoms with E-state index in [0.717, 1.165) is 23.8 Å². The number of hydrogen-bond acceptors (Lipinski definition) is 2. The molecule has 0 aliphatic heterocycles. The molecule has 88 valence electrons. The van der Waals surface area contributed by atoms with Crippen LogP contribution in [-0.4, -0.2) is 37.6 Å². The van der Waals surface area contributed by atoms with Crippen LogP contribution in [-0.2, 0) is 0 Å². The topological polar surface area (TPSA) is 15.3 Å². The lowest BCUT2D eigenvalue weighted by Crippen LogP contribution is -2.33. The summed E-state index contributed by atoms with van der Waals surface area (Å²) in [4.78, 5) is 2.52. The second-order valence-electron chi connectivity index (χ2n) is 5.98. The van der Waals surface area contributed by atoms with Gasteiger partial charge in [0.15, 0.2) is 0 Å². The van der Waals surface area contributed by atoms with Crippen LogP contribution in [0.25, 0.3) is 0 Å². The molecule has 2 rings (SSSR count). The molecule has 2 aliphatic carbocycles. The third kappa shape index (κ3) is 4.12. The van der Waals surface area contributed by atoms with Crippen molar-refractivity contribution in [2.24, 2.45) is 17.8 Å². The zero-order valence-electron chi connectivity index (χ0n) is 10.5. The van der Waals surface area contributed by atoms with Crippen LogP contribution in [0.15, 0.2) is 0 Å². The summed E-state index contributed by atoms with van der Waals surface area (Å²) in [5, 5.41) is 3.61. The van der Waals surface area contributed by atoms with E-state index in [0.29, 0.717) is 0 Å². The van der Waals surface area contributed by atoms with Crippen LogP contribution in [0, 0.1) is 17.8 Å². The van der Waals surface area contributed by atoms with Gasteiger partial charge in [0.25, 0.3) is 0 Å². The molecular formula is C13H26N2. The summed E-state index contributed by atoms with van der Waals surface area (Å²) in [6.07, 6.45) is 4.27. The van der Waals surface area contributed by atoms with Gasteiger partial charge in [-0.3, -0.25) is 0 Å². The van der Waals surface area contributed by atoms with Crippen LogP contribution in [0.3, 0.4) is 0 Å². The van der Waals surface area contributed by atoms with Crippen LogP contribution in [0.4, 0.5) is 0 Å². The molecule has 2 heteroatoms. The highest BCUT2D eigenvalue weighted by Crippen LogP contribution is 2.37. The Bertz CT molecular complexity index is 201. The molecule has 1 N–H and O–H groups in total. The van der Waals surface area contributed by atoms with Crippen molar-refractivity contribution >= 4 is 0 Å². The molecule has 0 bridgehead atoms. The molecule has 2 aliphatic rings. The molecule has 0 radical (unpaired) electrons. The Morgan fingerprint density at radius 1 is 1.40 bits per heavy atom. The normalized spacial score (nSPS) is 32.0. The average molecular weight is 210 g/mol. The molecule has 0 saturated heterocycles. The van der Waals surface area contributed by atoms with Crippen molar-refractivity contribution in [3.63, 3.8) is 0 Å². The molecule has 3 atom stereocenters. The van der Waals surface area contributed by atoms with Crippen LogP contribution in [0.5, 0.6) is 0 Å². The quantitative estimate of drug-likeness (QED) is 0.691. The van der Waals surface area contributed by atoms with E-state index in [2.05, 4.69) is 31.1 Å². The minimum atomic E-state index is 0.796. The fourth-order valence-corrected chi connectivity index (χ4v) is 2.38. The predicted octanol–water partition coefficient (Wildman–Crippen LogP) is 1.96. The first-order valence-electron chi connectivity index (χ1n) is 6.57. The average Bonchev–Trinajstić information content (AvgIpc) is 3.02. The maximum absolute atomic E-state index is 3.61. The van der Waals surface area contributed by atoms with Crippen molar-refractivity contribution in [2.45, 2.75) is 39.2 Å². The highest BCUT2D eigenvalue weighted by molar-refractivity contribution is 4.85. The van der Waals surface area contributed by atoms with Gasteiger partial charge in [-0.2, -0.15) is 0 Å². The Hall–Kier alpha value is -0.0800. The van der Waals surface area contributed by atoms with Crippen LogP contribution in [0.2, 0.25) is 0 Å². The van der Waals surface area contributed by atoms with Crippen molar-refractivity contribution in [2.75, 3.05) is 26.7 Å². The first kappa shape index (κ1) is 11.4. The Balaban J connectivity index is 1.53. The highest BCUT2D eigenvalue weighted by Gasteiger charge is 2.33. The van der Waals surface area contributed by atoms with Gasteiger partial charge < -0.3 is 10.2 Å². The molecule has 2 saturated carbocycles. The van der Waals surface area contributed by atoms with Crippen molar-refractivity contribution < 1.29 is 0 Å². The van der Waals surface area contributed by atoms with E-state index in [1.54, 1.807) is 0 Å². The largest absolute Gasteiger partial charge is 0.314 e. The van der Waals surface area contributed by atoms with E-state index in [1.807, 2.05) is 0 Å². The molecular weight excluding hydrogens is 184 g/mol. The monoisotopic (exact) mass is 210 g/mol. The summed E-state index contributed by atoms with van der Waals surface area (Å²) in [5.41, 5.74) is 0. The fourth-order valence-electron chi connectivity index (χ4n) is 2.38. The molecule has 0 aromatic carbocycles.